The van der Waals surface area contributed by atoms with Gasteiger partial charge in [-0.15, -0.1) is 0 Å². The summed E-state index contributed by atoms with van der Waals surface area (Å²) in [6.45, 7) is 4.74. The maximum atomic E-state index is 8.84. The van der Waals surface area contributed by atoms with Gasteiger partial charge in [0.05, 0.1) is 11.6 Å². The Hall–Kier alpha value is -1.53. The van der Waals surface area contributed by atoms with Crippen LogP contribution in [0.2, 0.25) is 0 Å². The average Bonchev–Trinajstić information content (AvgIpc) is 2.98. The predicted octanol–water partition coefficient (Wildman–Crippen LogP) is 2.38. The van der Waals surface area contributed by atoms with Crippen molar-refractivity contribution in [2.75, 3.05) is 31.1 Å². The van der Waals surface area contributed by atoms with Gasteiger partial charge in [0.1, 0.15) is 0 Å². The number of hydrogen-bond donors (Lipinski definition) is 1. The Morgan fingerprint density at radius 3 is 2.47 bits per heavy atom. The standard InChI is InChI=1S/C16H21N3/c17-11-13-1-3-16(4-2-13)19-10-7-15(12-19)14-5-8-18-9-6-14/h1-4,14-15,18H,5-10,12H2. The van der Waals surface area contributed by atoms with E-state index in [0.717, 1.165) is 17.4 Å². The lowest BCUT2D eigenvalue weighted by molar-refractivity contribution is 0.276. The molecule has 1 aromatic carbocycles. The van der Waals surface area contributed by atoms with Gasteiger partial charge >= 0.3 is 0 Å². The zero-order chi connectivity index (χ0) is 13.1. The zero-order valence-corrected chi connectivity index (χ0v) is 11.3. The van der Waals surface area contributed by atoms with E-state index in [4.69, 9.17) is 5.26 Å². The minimum Gasteiger partial charge on any atom is -0.371 e. The molecule has 1 aromatic rings. The summed E-state index contributed by atoms with van der Waals surface area (Å²) in [5.74, 6) is 1.77. The van der Waals surface area contributed by atoms with E-state index in [9.17, 15) is 0 Å². The van der Waals surface area contributed by atoms with Crippen LogP contribution in [0.15, 0.2) is 24.3 Å². The maximum Gasteiger partial charge on any atom is 0.0991 e. The molecule has 0 aliphatic carbocycles. The van der Waals surface area contributed by atoms with Crippen LogP contribution < -0.4 is 10.2 Å². The predicted molar refractivity (Wildman–Crippen MR) is 77.1 cm³/mol. The van der Waals surface area contributed by atoms with Gasteiger partial charge in [-0.1, -0.05) is 0 Å². The number of benzene rings is 1. The average molecular weight is 255 g/mol. The largest absolute Gasteiger partial charge is 0.371 e. The minimum absolute atomic E-state index is 0.748. The Kier molecular flexibility index (Phi) is 3.70. The topological polar surface area (TPSA) is 39.1 Å². The Morgan fingerprint density at radius 2 is 1.79 bits per heavy atom. The minimum atomic E-state index is 0.748. The van der Waals surface area contributed by atoms with Crippen LogP contribution in [0.1, 0.15) is 24.8 Å². The highest BCUT2D eigenvalue weighted by Gasteiger charge is 2.30. The second-order valence-electron chi connectivity index (χ2n) is 5.74. The number of anilines is 1. The number of piperidine rings is 1. The Balaban J connectivity index is 1.63. The first kappa shape index (κ1) is 12.5. The first-order chi connectivity index (χ1) is 9.36. The maximum absolute atomic E-state index is 8.84. The molecule has 0 amide bonds. The lowest BCUT2D eigenvalue weighted by atomic mass is 9.84. The van der Waals surface area contributed by atoms with Gasteiger partial charge in [0.15, 0.2) is 0 Å². The lowest BCUT2D eigenvalue weighted by Gasteiger charge is -2.28. The van der Waals surface area contributed by atoms with Crippen LogP contribution in [-0.4, -0.2) is 26.2 Å². The molecule has 2 aliphatic heterocycles. The Bertz CT molecular complexity index is 454. The first-order valence-corrected chi connectivity index (χ1v) is 7.32. The van der Waals surface area contributed by atoms with E-state index in [0.29, 0.717) is 0 Å². The molecule has 2 aliphatic rings. The molecular weight excluding hydrogens is 234 g/mol. The van der Waals surface area contributed by atoms with E-state index in [2.05, 4.69) is 28.4 Å². The van der Waals surface area contributed by atoms with Crippen LogP contribution in [0.25, 0.3) is 0 Å². The van der Waals surface area contributed by atoms with E-state index in [1.807, 2.05) is 12.1 Å². The van der Waals surface area contributed by atoms with Crippen LogP contribution in [0.3, 0.4) is 0 Å². The molecule has 2 saturated heterocycles. The van der Waals surface area contributed by atoms with Crippen molar-refractivity contribution < 1.29 is 0 Å². The van der Waals surface area contributed by atoms with Gasteiger partial charge < -0.3 is 10.2 Å². The molecule has 2 fully saturated rings. The quantitative estimate of drug-likeness (QED) is 0.882. The normalized spacial score (nSPS) is 24.4. The van der Waals surface area contributed by atoms with Crippen molar-refractivity contribution in [3.8, 4) is 6.07 Å². The molecule has 0 bridgehead atoms. The van der Waals surface area contributed by atoms with E-state index in [-0.39, 0.29) is 0 Å². The van der Waals surface area contributed by atoms with Crippen molar-refractivity contribution in [1.82, 2.24) is 5.32 Å². The SMILES string of the molecule is N#Cc1ccc(N2CCC(C3CCNCC3)C2)cc1. The number of nitrogens with one attached hydrogen (secondary N) is 1. The molecular formula is C16H21N3. The summed E-state index contributed by atoms with van der Waals surface area (Å²) in [7, 11) is 0. The molecule has 1 atom stereocenters. The fourth-order valence-electron chi connectivity index (χ4n) is 3.47. The van der Waals surface area contributed by atoms with Crippen molar-refractivity contribution in [2.24, 2.45) is 11.8 Å². The lowest BCUT2D eigenvalue weighted by Crippen LogP contribution is -2.32. The third kappa shape index (κ3) is 2.74. The number of nitrogens with zero attached hydrogens (tertiary/aromatic N) is 2. The highest BCUT2D eigenvalue weighted by atomic mass is 15.2. The molecule has 3 rings (SSSR count). The monoisotopic (exact) mass is 255 g/mol. The summed E-state index contributed by atoms with van der Waals surface area (Å²) in [4.78, 5) is 2.48. The van der Waals surface area contributed by atoms with Crippen LogP contribution in [0.5, 0.6) is 0 Å². The van der Waals surface area contributed by atoms with Gasteiger partial charge in [-0.3, -0.25) is 0 Å². The highest BCUT2D eigenvalue weighted by molar-refractivity contribution is 5.50. The Labute approximate surface area is 115 Å². The van der Waals surface area contributed by atoms with Gasteiger partial charge in [0.25, 0.3) is 0 Å². The van der Waals surface area contributed by atoms with Crippen LogP contribution in [0, 0.1) is 23.2 Å². The molecule has 0 aromatic heterocycles. The molecule has 1 unspecified atom stereocenters. The van der Waals surface area contributed by atoms with Gasteiger partial charge in [-0.2, -0.15) is 5.26 Å². The highest BCUT2D eigenvalue weighted by Crippen LogP contribution is 2.32. The zero-order valence-electron chi connectivity index (χ0n) is 11.3. The number of nitriles is 1. The fourth-order valence-corrected chi connectivity index (χ4v) is 3.47. The van der Waals surface area contributed by atoms with Crippen molar-refractivity contribution in [1.29, 1.82) is 5.26 Å². The van der Waals surface area contributed by atoms with Gasteiger partial charge in [-0.05, 0) is 68.5 Å². The molecule has 3 heteroatoms. The molecule has 0 spiro atoms. The Morgan fingerprint density at radius 1 is 1.05 bits per heavy atom. The second-order valence-corrected chi connectivity index (χ2v) is 5.74. The molecule has 100 valence electrons. The van der Waals surface area contributed by atoms with Crippen LogP contribution >= 0.6 is 0 Å². The van der Waals surface area contributed by atoms with E-state index >= 15 is 0 Å². The summed E-state index contributed by atoms with van der Waals surface area (Å²) in [5.41, 5.74) is 2.02. The van der Waals surface area contributed by atoms with E-state index in [1.54, 1.807) is 0 Å². The molecule has 1 N–H and O–H groups in total. The summed E-state index contributed by atoms with van der Waals surface area (Å²) in [6, 6.07) is 10.2. The molecule has 3 nitrogen and oxygen atoms in total. The number of hydrogen-bond acceptors (Lipinski definition) is 3. The molecule has 19 heavy (non-hydrogen) atoms. The summed E-state index contributed by atoms with van der Waals surface area (Å²) >= 11 is 0. The van der Waals surface area contributed by atoms with Gasteiger partial charge in [0, 0.05) is 18.8 Å². The second kappa shape index (κ2) is 5.63. The van der Waals surface area contributed by atoms with Crippen LogP contribution in [-0.2, 0) is 0 Å². The fraction of sp³-hybridized carbons (Fsp3) is 0.562. The van der Waals surface area contributed by atoms with Gasteiger partial charge in [-0.25, -0.2) is 0 Å². The third-order valence-corrected chi connectivity index (χ3v) is 4.64. The first-order valence-electron chi connectivity index (χ1n) is 7.32. The van der Waals surface area contributed by atoms with Crippen molar-refractivity contribution in [2.45, 2.75) is 19.3 Å². The molecule has 0 saturated carbocycles. The smallest absolute Gasteiger partial charge is 0.0991 e. The van der Waals surface area contributed by atoms with Crippen molar-refractivity contribution in [3.05, 3.63) is 29.8 Å². The van der Waals surface area contributed by atoms with Crippen molar-refractivity contribution >= 4 is 5.69 Å². The van der Waals surface area contributed by atoms with E-state index < -0.39 is 0 Å². The van der Waals surface area contributed by atoms with E-state index in [1.165, 1.54) is 51.1 Å². The number of rotatable bonds is 2. The van der Waals surface area contributed by atoms with Gasteiger partial charge in [0.2, 0.25) is 0 Å². The third-order valence-electron chi connectivity index (χ3n) is 4.64. The summed E-state index contributed by atoms with van der Waals surface area (Å²) < 4.78 is 0. The molecule has 0 radical (unpaired) electrons. The van der Waals surface area contributed by atoms with Crippen molar-refractivity contribution in [3.63, 3.8) is 0 Å². The van der Waals surface area contributed by atoms with Crippen LogP contribution in [0.4, 0.5) is 5.69 Å². The summed E-state index contributed by atoms with van der Waals surface area (Å²) in [6.07, 6.45) is 4.00. The molecule has 2 heterocycles. The summed E-state index contributed by atoms with van der Waals surface area (Å²) in [5, 5.41) is 12.3.